The maximum absolute atomic E-state index is 13.8. The maximum Gasteiger partial charge on any atom is 0.226 e. The molecule has 176 valence electrons. The van der Waals surface area contributed by atoms with Gasteiger partial charge in [0.15, 0.2) is 0 Å². The minimum atomic E-state index is -0.741. The van der Waals surface area contributed by atoms with E-state index in [0.717, 1.165) is 33.1 Å². The first-order valence-corrected chi connectivity index (χ1v) is 11.2. The van der Waals surface area contributed by atoms with Crippen LogP contribution in [0.1, 0.15) is 25.1 Å². The molecule has 0 aliphatic heterocycles. The highest BCUT2D eigenvalue weighted by Gasteiger charge is 2.22. The highest BCUT2D eigenvalue weighted by molar-refractivity contribution is 6.04. The summed E-state index contributed by atoms with van der Waals surface area (Å²) >= 11 is 0. The number of nitrogens with zero attached hydrogens (tertiary/aromatic N) is 8. The van der Waals surface area contributed by atoms with Crippen LogP contribution in [0.25, 0.3) is 38.8 Å². The molecular formula is C27H21FN8. The van der Waals surface area contributed by atoms with Crippen molar-refractivity contribution in [2.75, 3.05) is 0 Å². The maximum atomic E-state index is 13.8. The molecule has 0 amide bonds. The van der Waals surface area contributed by atoms with E-state index in [1.54, 1.807) is 30.0 Å². The van der Waals surface area contributed by atoms with E-state index in [0.29, 0.717) is 22.6 Å². The van der Waals surface area contributed by atoms with Crippen LogP contribution in [0.2, 0.25) is 0 Å². The number of hydrogen-bond acceptors (Lipinski definition) is 6. The molecule has 4 heterocycles. The van der Waals surface area contributed by atoms with E-state index < -0.39 is 11.4 Å². The molecule has 0 fully saturated rings. The molecule has 0 spiro atoms. The van der Waals surface area contributed by atoms with Crippen LogP contribution in [0.4, 0.5) is 4.39 Å². The lowest BCUT2D eigenvalue weighted by Crippen LogP contribution is -2.23. The highest BCUT2D eigenvalue weighted by Crippen LogP contribution is 2.30. The van der Waals surface area contributed by atoms with E-state index in [2.05, 4.69) is 26.0 Å². The average molecular weight is 477 g/mol. The van der Waals surface area contributed by atoms with Gasteiger partial charge in [0.1, 0.15) is 0 Å². The van der Waals surface area contributed by atoms with Crippen molar-refractivity contribution in [2.45, 2.75) is 26.2 Å². The molecule has 0 saturated carbocycles. The largest absolute Gasteiger partial charge is 0.311 e. The second kappa shape index (κ2) is 8.40. The van der Waals surface area contributed by atoms with E-state index in [-0.39, 0.29) is 0 Å². The summed E-state index contributed by atoms with van der Waals surface area (Å²) < 4.78 is 17.4. The quantitative estimate of drug-likeness (QED) is 0.279. The first kappa shape index (κ1) is 22.9. The van der Waals surface area contributed by atoms with Gasteiger partial charge in [-0.2, -0.15) is 14.9 Å². The summed E-state index contributed by atoms with van der Waals surface area (Å²) in [6, 6.07) is 13.5. The van der Waals surface area contributed by atoms with Gasteiger partial charge < -0.3 is 4.57 Å². The van der Waals surface area contributed by atoms with Crippen LogP contribution >= 0.6 is 0 Å². The van der Waals surface area contributed by atoms with E-state index >= 15 is 0 Å². The summed E-state index contributed by atoms with van der Waals surface area (Å²) in [5.74, 6) is -0.497. The van der Waals surface area contributed by atoms with Crippen molar-refractivity contribution in [3.63, 3.8) is 0 Å². The predicted octanol–water partition coefficient (Wildman–Crippen LogP) is 4.60. The van der Waals surface area contributed by atoms with E-state index in [1.807, 2.05) is 62.0 Å². The molecule has 0 saturated heterocycles. The van der Waals surface area contributed by atoms with Crippen molar-refractivity contribution < 1.29 is 4.39 Å². The molecule has 0 radical (unpaired) electrons. The molecule has 5 aromatic rings. The van der Waals surface area contributed by atoms with Crippen LogP contribution in [0.5, 0.6) is 0 Å². The third kappa shape index (κ3) is 3.58. The van der Waals surface area contributed by atoms with Crippen molar-refractivity contribution in [1.29, 1.82) is 10.5 Å². The van der Waals surface area contributed by atoms with Gasteiger partial charge in [-0.3, -0.25) is 14.5 Å². The molecular weight excluding hydrogens is 455 g/mol. The Bertz CT molecular complexity index is 1810. The van der Waals surface area contributed by atoms with Crippen LogP contribution in [0.3, 0.4) is 0 Å². The van der Waals surface area contributed by atoms with E-state index in [4.69, 9.17) is 0 Å². The number of halogens is 1. The third-order valence-corrected chi connectivity index (χ3v) is 6.33. The molecule has 1 aromatic carbocycles. The molecule has 8 nitrogen and oxygen atoms in total. The van der Waals surface area contributed by atoms with Crippen molar-refractivity contribution >= 4 is 21.9 Å². The van der Waals surface area contributed by atoms with Crippen LogP contribution in [0, 0.1) is 35.7 Å². The molecule has 5 rings (SSSR count). The zero-order valence-electron chi connectivity index (χ0n) is 20.2. The number of pyridine rings is 3. The highest BCUT2D eigenvalue weighted by atomic mass is 19.1. The summed E-state index contributed by atoms with van der Waals surface area (Å²) in [5, 5.41) is 19.7. The second-order valence-electron chi connectivity index (χ2n) is 9.10. The van der Waals surface area contributed by atoms with E-state index in [1.165, 1.54) is 6.20 Å². The van der Waals surface area contributed by atoms with Gasteiger partial charge in [-0.05, 0) is 56.7 Å². The lowest BCUT2D eigenvalue weighted by molar-refractivity contribution is 0.575. The predicted molar refractivity (Wildman–Crippen MR) is 133 cm³/mol. The number of hydrogen-bond donors (Lipinski definition) is 0. The minimum absolute atomic E-state index is 0.403. The normalized spacial score (nSPS) is 12.1. The molecule has 9 heteroatoms. The van der Waals surface area contributed by atoms with Gasteiger partial charge in [-0.25, -0.2) is 4.98 Å². The van der Waals surface area contributed by atoms with Crippen LogP contribution in [-0.4, -0.2) is 24.1 Å². The number of aromatic nitrogens is 5. The van der Waals surface area contributed by atoms with Gasteiger partial charge in [0.2, 0.25) is 17.8 Å². The fourth-order valence-electron chi connectivity index (χ4n) is 4.26. The van der Waals surface area contributed by atoms with Gasteiger partial charge in [0.05, 0.1) is 51.8 Å². The molecule has 0 bridgehead atoms. The average Bonchev–Trinajstić information content (AvgIpc) is 3.17. The van der Waals surface area contributed by atoms with Gasteiger partial charge in [0.25, 0.3) is 0 Å². The Morgan fingerprint density at radius 1 is 0.972 bits per heavy atom. The molecule has 0 aliphatic rings. The number of aryl methyl sites for hydroxylation is 2. The Hall–Kier alpha value is -4.89. The zero-order chi connectivity index (χ0) is 25.6. The Balaban J connectivity index is 1.84. The number of imidazole rings is 1. The van der Waals surface area contributed by atoms with Crippen molar-refractivity contribution in [3.8, 4) is 29.1 Å². The molecule has 0 N–H and O–H groups in total. The Morgan fingerprint density at radius 2 is 1.78 bits per heavy atom. The zero-order valence-corrected chi connectivity index (χ0v) is 20.2. The van der Waals surface area contributed by atoms with Crippen molar-refractivity contribution in [2.24, 2.45) is 12.0 Å². The Morgan fingerprint density at radius 3 is 2.44 bits per heavy atom. The SMILES string of the molecule is Cc1cc(-c2ccc3ncc4c(c3c2)n(-c2ccc(C(C)(C)C#N)nc2)/c(=N\C#N)n4C)cnc1F. The summed E-state index contributed by atoms with van der Waals surface area (Å²) in [5.41, 5.74) is 5.38. The van der Waals surface area contributed by atoms with Gasteiger partial charge in [0, 0.05) is 29.8 Å². The monoisotopic (exact) mass is 476 g/mol. The van der Waals surface area contributed by atoms with Crippen molar-refractivity contribution in [3.05, 3.63) is 77.8 Å². The molecule has 0 aliphatic carbocycles. The number of nitriles is 2. The summed E-state index contributed by atoms with van der Waals surface area (Å²) in [7, 11) is 1.82. The smallest absolute Gasteiger partial charge is 0.226 e. The molecule has 0 atom stereocenters. The number of fused-ring (bicyclic) bond motifs is 3. The topological polar surface area (TPSA) is 108 Å². The summed E-state index contributed by atoms with van der Waals surface area (Å²) in [6.07, 6.45) is 6.82. The first-order chi connectivity index (χ1) is 17.2. The molecule has 36 heavy (non-hydrogen) atoms. The van der Waals surface area contributed by atoms with E-state index in [9.17, 15) is 14.9 Å². The first-order valence-electron chi connectivity index (χ1n) is 11.2. The third-order valence-electron chi connectivity index (χ3n) is 6.33. The van der Waals surface area contributed by atoms with Gasteiger partial charge >= 0.3 is 0 Å². The van der Waals surface area contributed by atoms with Gasteiger partial charge in [-0.15, -0.1) is 4.99 Å². The standard InChI is InChI=1S/C27H21FN8/c1-16-9-18(11-33-25(16)28)17-5-7-21-20(10-17)24-22(13-31-21)35(4)26(34-15-30)36(24)19-6-8-23(32-12-19)27(2,3)14-29/h5-13H,1-4H3/b34-26-. The van der Waals surface area contributed by atoms with Crippen LogP contribution in [0.15, 0.2) is 60.0 Å². The van der Waals surface area contributed by atoms with Crippen LogP contribution < -0.4 is 5.62 Å². The fourth-order valence-corrected chi connectivity index (χ4v) is 4.26. The summed E-state index contributed by atoms with van der Waals surface area (Å²) in [4.78, 5) is 17.1. The fraction of sp³-hybridized carbons (Fsp3) is 0.185. The number of benzene rings is 1. The summed E-state index contributed by atoms with van der Waals surface area (Å²) in [6.45, 7) is 5.30. The Labute approximate surface area is 206 Å². The molecule has 4 aromatic heterocycles. The van der Waals surface area contributed by atoms with Gasteiger partial charge in [-0.1, -0.05) is 6.07 Å². The minimum Gasteiger partial charge on any atom is -0.311 e. The van der Waals surface area contributed by atoms with Crippen molar-refractivity contribution in [1.82, 2.24) is 24.1 Å². The second-order valence-corrected chi connectivity index (χ2v) is 9.10. The molecule has 0 unspecified atom stereocenters. The Kier molecular flexibility index (Phi) is 5.34. The lowest BCUT2D eigenvalue weighted by atomic mass is 9.91. The number of rotatable bonds is 3. The lowest BCUT2D eigenvalue weighted by Gasteiger charge is -2.15. The van der Waals surface area contributed by atoms with Crippen LogP contribution in [-0.2, 0) is 12.5 Å².